The van der Waals surface area contributed by atoms with Crippen LogP contribution in [-0.4, -0.2) is 16.9 Å². The van der Waals surface area contributed by atoms with Crippen LogP contribution in [-0.2, 0) is 9.59 Å². The maximum atomic E-state index is 12.9. The molecule has 0 spiro atoms. The molecule has 6 heteroatoms. The number of carbonyl (C=O) groups is 2. The summed E-state index contributed by atoms with van der Waals surface area (Å²) in [6.07, 6.45) is 0.922. The lowest BCUT2D eigenvalue weighted by atomic mass is 10.0. The van der Waals surface area contributed by atoms with E-state index in [9.17, 15) is 19.1 Å². The van der Waals surface area contributed by atoms with Crippen molar-refractivity contribution in [1.82, 2.24) is 0 Å². The molecule has 0 radical (unpaired) electrons. The molecule has 0 aromatic heterocycles. The van der Waals surface area contributed by atoms with Crippen molar-refractivity contribution >= 4 is 23.2 Å². The van der Waals surface area contributed by atoms with Crippen LogP contribution in [0, 0.1) is 18.2 Å². The van der Waals surface area contributed by atoms with Gasteiger partial charge in [-0.3, -0.25) is 9.59 Å². The Balaban J connectivity index is 1.70. The molecule has 5 nitrogen and oxygen atoms in total. The van der Waals surface area contributed by atoms with Crippen molar-refractivity contribution in [3.63, 3.8) is 0 Å². The molecule has 1 aliphatic carbocycles. The lowest BCUT2D eigenvalue weighted by Gasteiger charge is -2.16. The average Bonchev–Trinajstić information content (AvgIpc) is 3.35. The molecule has 0 saturated heterocycles. The van der Waals surface area contributed by atoms with Gasteiger partial charge in [0, 0.05) is 11.4 Å². The molecular weight excluding hydrogens is 311 g/mol. The zero-order valence-corrected chi connectivity index (χ0v) is 13.1. The summed E-state index contributed by atoms with van der Waals surface area (Å²) in [6, 6.07) is 10.1. The first-order valence-corrected chi connectivity index (χ1v) is 7.59. The summed E-state index contributed by atoms with van der Waals surface area (Å²) in [7, 11) is 0. The first kappa shape index (κ1) is 16.0. The Kier molecular flexibility index (Phi) is 3.97. The van der Waals surface area contributed by atoms with Gasteiger partial charge in [-0.2, -0.15) is 0 Å². The van der Waals surface area contributed by atoms with Gasteiger partial charge in [0.15, 0.2) is 0 Å². The second-order valence-electron chi connectivity index (χ2n) is 6.00. The predicted octanol–water partition coefficient (Wildman–Crippen LogP) is 3.20. The van der Waals surface area contributed by atoms with Gasteiger partial charge in [-0.1, -0.05) is 0 Å². The van der Waals surface area contributed by atoms with Gasteiger partial charge in [0.25, 0.3) is 0 Å². The Morgan fingerprint density at radius 3 is 2.08 bits per heavy atom. The van der Waals surface area contributed by atoms with Gasteiger partial charge >= 0.3 is 0 Å². The van der Waals surface area contributed by atoms with Crippen molar-refractivity contribution in [3.05, 3.63) is 53.8 Å². The normalized spacial score (nSPS) is 14.8. The number of aromatic hydroxyl groups is 1. The number of nitrogens with one attached hydrogen (secondary N) is 2. The van der Waals surface area contributed by atoms with Gasteiger partial charge in [-0.05, 0) is 67.8 Å². The molecular formula is C18H17FN2O3. The van der Waals surface area contributed by atoms with E-state index in [2.05, 4.69) is 10.6 Å². The second kappa shape index (κ2) is 5.96. The SMILES string of the molecule is Cc1cc(NC(=O)C2(C(=O)Nc3ccc(F)cc3)CC2)ccc1O. The minimum atomic E-state index is -1.10. The van der Waals surface area contributed by atoms with Gasteiger partial charge in [0.1, 0.15) is 17.0 Å². The van der Waals surface area contributed by atoms with Crippen molar-refractivity contribution in [2.24, 2.45) is 5.41 Å². The molecule has 1 saturated carbocycles. The molecule has 0 bridgehead atoms. The molecule has 3 rings (SSSR count). The third-order valence-corrected chi connectivity index (χ3v) is 4.18. The van der Waals surface area contributed by atoms with Crippen molar-refractivity contribution in [3.8, 4) is 5.75 Å². The highest BCUT2D eigenvalue weighted by atomic mass is 19.1. The van der Waals surface area contributed by atoms with E-state index in [-0.39, 0.29) is 11.7 Å². The van der Waals surface area contributed by atoms with Crippen LogP contribution in [0.1, 0.15) is 18.4 Å². The summed E-state index contributed by atoms with van der Waals surface area (Å²) in [5, 5.41) is 14.9. The molecule has 2 aromatic rings. The first-order chi connectivity index (χ1) is 11.4. The van der Waals surface area contributed by atoms with E-state index in [1.807, 2.05) is 0 Å². The molecule has 124 valence electrons. The molecule has 24 heavy (non-hydrogen) atoms. The van der Waals surface area contributed by atoms with Crippen molar-refractivity contribution in [2.45, 2.75) is 19.8 Å². The van der Waals surface area contributed by atoms with Crippen molar-refractivity contribution < 1.29 is 19.1 Å². The van der Waals surface area contributed by atoms with Gasteiger partial charge < -0.3 is 15.7 Å². The molecule has 0 unspecified atom stereocenters. The number of anilines is 2. The van der Waals surface area contributed by atoms with E-state index in [0.29, 0.717) is 29.8 Å². The summed E-state index contributed by atoms with van der Waals surface area (Å²) >= 11 is 0. The Morgan fingerprint density at radius 1 is 1.00 bits per heavy atom. The molecule has 1 aliphatic rings. The largest absolute Gasteiger partial charge is 0.508 e. The Hall–Kier alpha value is -2.89. The Labute approximate surface area is 138 Å². The van der Waals surface area contributed by atoms with Crippen LogP contribution in [0.3, 0.4) is 0 Å². The van der Waals surface area contributed by atoms with Gasteiger partial charge in [-0.15, -0.1) is 0 Å². The number of benzene rings is 2. The summed E-state index contributed by atoms with van der Waals surface area (Å²) < 4.78 is 12.9. The minimum absolute atomic E-state index is 0.142. The predicted molar refractivity (Wildman–Crippen MR) is 88.2 cm³/mol. The zero-order chi connectivity index (χ0) is 17.3. The number of phenolic OH excluding ortho intramolecular Hbond substituents is 1. The third-order valence-electron chi connectivity index (χ3n) is 4.18. The van der Waals surface area contributed by atoms with E-state index in [1.54, 1.807) is 19.1 Å². The number of carbonyl (C=O) groups excluding carboxylic acids is 2. The van der Waals surface area contributed by atoms with Crippen LogP contribution in [0.5, 0.6) is 5.75 Å². The van der Waals surface area contributed by atoms with E-state index < -0.39 is 17.1 Å². The lowest BCUT2D eigenvalue weighted by molar-refractivity contribution is -0.131. The topological polar surface area (TPSA) is 78.4 Å². The highest BCUT2D eigenvalue weighted by Crippen LogP contribution is 2.47. The Morgan fingerprint density at radius 2 is 1.54 bits per heavy atom. The standard InChI is InChI=1S/C18H17FN2O3/c1-11-10-14(6-7-15(11)22)21-17(24)18(8-9-18)16(23)20-13-4-2-12(19)3-5-13/h2-7,10,22H,8-9H2,1H3,(H,20,23)(H,21,24). The number of aryl methyl sites for hydroxylation is 1. The molecule has 0 atom stereocenters. The van der Waals surface area contributed by atoms with Gasteiger partial charge in [-0.25, -0.2) is 4.39 Å². The maximum absolute atomic E-state index is 12.9. The summed E-state index contributed by atoms with van der Waals surface area (Å²) in [5.74, 6) is -1.04. The fraction of sp³-hybridized carbons (Fsp3) is 0.222. The van der Waals surface area contributed by atoms with Crippen molar-refractivity contribution in [2.75, 3.05) is 10.6 Å². The summed E-state index contributed by atoms with van der Waals surface area (Å²) in [6.45, 7) is 1.72. The van der Waals surface area contributed by atoms with Crippen LogP contribution in [0.25, 0.3) is 0 Å². The second-order valence-corrected chi connectivity index (χ2v) is 6.00. The number of rotatable bonds is 4. The number of hydrogen-bond donors (Lipinski definition) is 3. The van der Waals surface area contributed by atoms with Crippen LogP contribution in [0.4, 0.5) is 15.8 Å². The fourth-order valence-corrected chi connectivity index (χ4v) is 2.45. The fourth-order valence-electron chi connectivity index (χ4n) is 2.45. The van der Waals surface area contributed by atoms with E-state index in [4.69, 9.17) is 0 Å². The smallest absolute Gasteiger partial charge is 0.240 e. The number of halogens is 1. The molecule has 1 fully saturated rings. The highest BCUT2D eigenvalue weighted by molar-refractivity contribution is 6.16. The summed E-state index contributed by atoms with van der Waals surface area (Å²) in [4.78, 5) is 24.9. The van der Waals surface area contributed by atoms with Crippen LogP contribution in [0.15, 0.2) is 42.5 Å². The van der Waals surface area contributed by atoms with Crippen LogP contribution >= 0.6 is 0 Å². The van der Waals surface area contributed by atoms with E-state index in [1.165, 1.54) is 30.3 Å². The van der Waals surface area contributed by atoms with Gasteiger partial charge in [0.2, 0.25) is 11.8 Å². The number of hydrogen-bond acceptors (Lipinski definition) is 3. The number of phenols is 1. The molecule has 3 N–H and O–H groups in total. The molecule has 0 heterocycles. The lowest BCUT2D eigenvalue weighted by Crippen LogP contribution is -2.35. The zero-order valence-electron chi connectivity index (χ0n) is 13.1. The van der Waals surface area contributed by atoms with Gasteiger partial charge in [0.05, 0.1) is 0 Å². The molecule has 2 amide bonds. The highest BCUT2D eigenvalue weighted by Gasteiger charge is 2.56. The van der Waals surface area contributed by atoms with E-state index >= 15 is 0 Å². The monoisotopic (exact) mass is 328 g/mol. The average molecular weight is 328 g/mol. The third kappa shape index (κ3) is 3.08. The van der Waals surface area contributed by atoms with Crippen LogP contribution < -0.4 is 10.6 Å². The van der Waals surface area contributed by atoms with Crippen molar-refractivity contribution in [1.29, 1.82) is 0 Å². The molecule has 0 aliphatic heterocycles. The van der Waals surface area contributed by atoms with Crippen LogP contribution in [0.2, 0.25) is 0 Å². The Bertz CT molecular complexity index is 798. The number of amides is 2. The molecule has 2 aromatic carbocycles. The van der Waals surface area contributed by atoms with E-state index in [0.717, 1.165) is 0 Å². The minimum Gasteiger partial charge on any atom is -0.508 e. The summed E-state index contributed by atoms with van der Waals surface area (Å²) in [5.41, 5.74) is 0.505. The quantitative estimate of drug-likeness (QED) is 0.596. The maximum Gasteiger partial charge on any atom is 0.240 e. The first-order valence-electron chi connectivity index (χ1n) is 7.59.